The molecule has 9 nitrogen and oxygen atoms in total. The molecule has 2 aliphatic rings. The van der Waals surface area contributed by atoms with Gasteiger partial charge in [-0.15, -0.1) is 0 Å². The van der Waals surface area contributed by atoms with E-state index in [4.69, 9.17) is 24.4 Å². The number of aromatic nitrogens is 3. The summed E-state index contributed by atoms with van der Waals surface area (Å²) in [5.41, 5.74) is 2.87. The van der Waals surface area contributed by atoms with E-state index >= 15 is 0 Å². The Morgan fingerprint density at radius 3 is 2.86 bits per heavy atom. The minimum absolute atomic E-state index is 0.126. The van der Waals surface area contributed by atoms with Crippen LogP contribution in [0.4, 0.5) is 11.8 Å². The molecule has 2 aromatic heterocycles. The number of fused-ring (bicyclic) bond motifs is 1. The summed E-state index contributed by atoms with van der Waals surface area (Å²) >= 11 is 0. The van der Waals surface area contributed by atoms with Gasteiger partial charge < -0.3 is 24.6 Å². The smallest absolute Gasteiger partial charge is 0.251 e. The van der Waals surface area contributed by atoms with Crippen molar-refractivity contribution in [2.24, 2.45) is 0 Å². The molecule has 184 valence electrons. The van der Waals surface area contributed by atoms with Crippen molar-refractivity contribution in [1.82, 2.24) is 20.3 Å². The first-order valence-corrected chi connectivity index (χ1v) is 12.2. The Hall–Kier alpha value is -3.30. The van der Waals surface area contributed by atoms with Gasteiger partial charge in [-0.25, -0.2) is 4.98 Å². The highest BCUT2D eigenvalue weighted by Gasteiger charge is 2.27. The average molecular weight is 477 g/mol. The molecule has 4 heterocycles. The van der Waals surface area contributed by atoms with Gasteiger partial charge in [-0.1, -0.05) is 12.1 Å². The number of nitrogens with zero attached hydrogens (tertiary/aromatic N) is 5. The molecule has 0 aliphatic carbocycles. The molecule has 1 unspecified atom stereocenters. The van der Waals surface area contributed by atoms with Crippen molar-refractivity contribution in [3.63, 3.8) is 0 Å². The van der Waals surface area contributed by atoms with Gasteiger partial charge in [-0.2, -0.15) is 9.97 Å². The monoisotopic (exact) mass is 476 g/mol. The third-order valence-electron chi connectivity index (χ3n) is 6.81. The number of carbonyl (C=O) groups excluding carboxylic acids is 1. The topological polar surface area (TPSA) is 92.7 Å². The van der Waals surface area contributed by atoms with Gasteiger partial charge in [-0.3, -0.25) is 4.79 Å². The number of benzene rings is 1. The van der Waals surface area contributed by atoms with E-state index in [1.807, 2.05) is 30.3 Å². The number of pyridine rings is 1. The Morgan fingerprint density at radius 2 is 2.06 bits per heavy atom. The van der Waals surface area contributed by atoms with Crippen LogP contribution in [0, 0.1) is 0 Å². The molecule has 0 radical (unpaired) electrons. The van der Waals surface area contributed by atoms with Gasteiger partial charge in [0.25, 0.3) is 5.91 Å². The molecule has 0 bridgehead atoms. The van der Waals surface area contributed by atoms with Gasteiger partial charge in [0.2, 0.25) is 5.95 Å². The van der Waals surface area contributed by atoms with Gasteiger partial charge >= 0.3 is 0 Å². The van der Waals surface area contributed by atoms with Crippen LogP contribution < -0.4 is 15.1 Å². The van der Waals surface area contributed by atoms with Crippen LogP contribution in [0.3, 0.4) is 0 Å². The second kappa shape index (κ2) is 10.1. The number of piperidine rings is 1. The maximum Gasteiger partial charge on any atom is 0.251 e. The molecule has 2 aliphatic heterocycles. The number of methoxy groups -OCH3 is 1. The number of carbonyl (C=O) groups is 1. The second-order valence-electron chi connectivity index (χ2n) is 9.14. The number of rotatable bonds is 5. The molecule has 5 rings (SSSR count). The zero-order chi connectivity index (χ0) is 24.4. The van der Waals surface area contributed by atoms with Crippen LogP contribution >= 0.6 is 0 Å². The first kappa shape index (κ1) is 23.4. The van der Waals surface area contributed by atoms with Crippen LogP contribution in [-0.4, -0.2) is 80.0 Å². The lowest BCUT2D eigenvalue weighted by molar-refractivity contribution is 0.0891. The van der Waals surface area contributed by atoms with E-state index < -0.39 is 0 Å². The number of hydrogen-bond acceptors (Lipinski definition) is 8. The predicted octanol–water partition coefficient (Wildman–Crippen LogP) is 2.89. The maximum atomic E-state index is 12.1. The van der Waals surface area contributed by atoms with E-state index in [-0.39, 0.29) is 18.1 Å². The van der Waals surface area contributed by atoms with Gasteiger partial charge in [0.1, 0.15) is 5.82 Å². The minimum atomic E-state index is -0.126. The summed E-state index contributed by atoms with van der Waals surface area (Å²) in [4.78, 5) is 31.6. The van der Waals surface area contributed by atoms with E-state index in [0.717, 1.165) is 54.9 Å². The number of amides is 1. The summed E-state index contributed by atoms with van der Waals surface area (Å²) in [7, 11) is 3.40. The summed E-state index contributed by atoms with van der Waals surface area (Å²) in [6.07, 6.45) is 2.28. The fourth-order valence-corrected chi connectivity index (χ4v) is 4.82. The molecule has 2 fully saturated rings. The van der Waals surface area contributed by atoms with Crippen molar-refractivity contribution >= 4 is 28.7 Å². The van der Waals surface area contributed by atoms with Crippen LogP contribution in [0.15, 0.2) is 36.4 Å². The Morgan fingerprint density at radius 1 is 1.17 bits per heavy atom. The lowest BCUT2D eigenvalue weighted by Gasteiger charge is -2.36. The molecule has 1 N–H and O–H groups in total. The molecule has 1 aromatic carbocycles. The Bertz CT molecular complexity index is 1220. The average Bonchev–Trinajstić information content (AvgIpc) is 2.92. The summed E-state index contributed by atoms with van der Waals surface area (Å²) < 4.78 is 11.3. The zero-order valence-corrected chi connectivity index (χ0v) is 20.5. The molecule has 2 atom stereocenters. The Balaban J connectivity index is 1.61. The normalized spacial score (nSPS) is 20.8. The summed E-state index contributed by atoms with van der Waals surface area (Å²) in [5, 5.41) is 3.59. The summed E-state index contributed by atoms with van der Waals surface area (Å²) in [5.74, 6) is 1.44. The van der Waals surface area contributed by atoms with Crippen molar-refractivity contribution in [2.75, 3.05) is 56.8 Å². The summed E-state index contributed by atoms with van der Waals surface area (Å²) in [6, 6.07) is 11.7. The van der Waals surface area contributed by atoms with Crippen LogP contribution in [0.1, 0.15) is 30.1 Å². The minimum Gasteiger partial charge on any atom is -0.380 e. The van der Waals surface area contributed by atoms with Crippen molar-refractivity contribution in [1.29, 1.82) is 0 Å². The fraction of sp³-hybridized carbons (Fsp3) is 0.462. The van der Waals surface area contributed by atoms with Crippen molar-refractivity contribution in [2.45, 2.75) is 31.9 Å². The number of anilines is 2. The first-order valence-electron chi connectivity index (χ1n) is 12.2. The quantitative estimate of drug-likeness (QED) is 0.601. The summed E-state index contributed by atoms with van der Waals surface area (Å²) in [6.45, 7) is 5.86. The molecule has 1 amide bonds. The SMILES string of the molecule is CNC(=O)c1cccc(-c2ccc3c(N4CCCC(OC)C4)nc(N4CCOC[C@@H]4C)nc3n2)c1. The first-order chi connectivity index (χ1) is 17.1. The van der Waals surface area contributed by atoms with Gasteiger partial charge in [0, 0.05) is 44.9 Å². The molecule has 3 aromatic rings. The van der Waals surface area contributed by atoms with Crippen LogP contribution in [0.25, 0.3) is 22.3 Å². The molecule has 0 spiro atoms. The van der Waals surface area contributed by atoms with E-state index in [2.05, 4.69) is 22.0 Å². The molecular weight excluding hydrogens is 444 g/mol. The molecular formula is C26H32N6O3. The number of hydrogen-bond donors (Lipinski definition) is 1. The maximum absolute atomic E-state index is 12.1. The molecule has 0 saturated carbocycles. The fourth-order valence-electron chi connectivity index (χ4n) is 4.82. The lowest BCUT2D eigenvalue weighted by atomic mass is 10.1. The lowest BCUT2D eigenvalue weighted by Crippen LogP contribution is -2.45. The highest BCUT2D eigenvalue weighted by molar-refractivity contribution is 5.95. The van der Waals surface area contributed by atoms with Gasteiger partial charge in [0.05, 0.1) is 36.4 Å². The standard InChI is InChI=1S/C26H32N6O3/c1-17-16-35-13-12-32(17)26-29-23-21(24(30-26)31-11-5-8-20(15-31)34-3)9-10-22(28-23)18-6-4-7-19(14-18)25(33)27-2/h4,6-7,9-10,14,17,20H,5,8,11-13,15-16H2,1-3H3,(H,27,33)/t17-,20?/m0/s1. The Labute approximate surface area is 205 Å². The van der Waals surface area contributed by atoms with Crippen molar-refractivity contribution in [3.8, 4) is 11.3 Å². The van der Waals surface area contributed by atoms with E-state index in [0.29, 0.717) is 30.4 Å². The van der Waals surface area contributed by atoms with Gasteiger partial charge in [-0.05, 0) is 44.0 Å². The van der Waals surface area contributed by atoms with E-state index in [9.17, 15) is 4.79 Å². The Kier molecular flexibility index (Phi) is 6.79. The second-order valence-corrected chi connectivity index (χ2v) is 9.14. The molecule has 2 saturated heterocycles. The van der Waals surface area contributed by atoms with Gasteiger partial charge in [0.15, 0.2) is 5.65 Å². The third-order valence-corrected chi connectivity index (χ3v) is 6.81. The largest absolute Gasteiger partial charge is 0.380 e. The van der Waals surface area contributed by atoms with Crippen molar-refractivity contribution in [3.05, 3.63) is 42.0 Å². The van der Waals surface area contributed by atoms with Crippen LogP contribution in [-0.2, 0) is 9.47 Å². The molecule has 35 heavy (non-hydrogen) atoms. The number of nitrogens with one attached hydrogen (secondary N) is 1. The number of morpholine rings is 1. The molecule has 9 heteroatoms. The third kappa shape index (κ3) is 4.78. The highest BCUT2D eigenvalue weighted by atomic mass is 16.5. The van der Waals surface area contributed by atoms with E-state index in [1.54, 1.807) is 20.2 Å². The van der Waals surface area contributed by atoms with E-state index in [1.165, 1.54) is 0 Å². The highest BCUT2D eigenvalue weighted by Crippen LogP contribution is 2.31. The van der Waals surface area contributed by atoms with Crippen LogP contribution in [0.5, 0.6) is 0 Å². The zero-order valence-electron chi connectivity index (χ0n) is 20.5. The van der Waals surface area contributed by atoms with Crippen molar-refractivity contribution < 1.29 is 14.3 Å². The number of ether oxygens (including phenoxy) is 2. The predicted molar refractivity (Wildman–Crippen MR) is 136 cm³/mol. The van der Waals surface area contributed by atoms with Crippen LogP contribution in [0.2, 0.25) is 0 Å².